The van der Waals surface area contributed by atoms with Crippen molar-refractivity contribution < 1.29 is 14.3 Å². The molecule has 0 N–H and O–H groups in total. The highest BCUT2D eigenvalue weighted by Crippen LogP contribution is 1.90. The predicted molar refractivity (Wildman–Crippen MR) is 76.4 cm³/mol. The first kappa shape index (κ1) is 21.4. The molecule has 0 saturated heterocycles. The molecule has 0 unspecified atom stereocenters. The third kappa shape index (κ3) is 36.9. The Morgan fingerprint density at radius 2 is 1.50 bits per heavy atom. The summed E-state index contributed by atoms with van der Waals surface area (Å²) in [7, 11) is 0. The van der Waals surface area contributed by atoms with Gasteiger partial charge in [-0.15, -0.1) is 0 Å². The molecule has 0 atom stereocenters. The quantitative estimate of drug-likeness (QED) is 0.442. The Morgan fingerprint density at radius 1 is 1.19 bits per heavy atom. The fourth-order valence-corrected chi connectivity index (χ4v) is 1.15. The third-order valence-electron chi connectivity index (χ3n) is 1.12. The summed E-state index contributed by atoms with van der Waals surface area (Å²) < 4.78 is 10.1. The zero-order chi connectivity index (χ0) is 13.2. The molecule has 16 heavy (non-hydrogen) atoms. The Kier molecular flexibility index (Phi) is 32.5. The van der Waals surface area contributed by atoms with E-state index in [9.17, 15) is 0 Å². The molecule has 0 radical (unpaired) electrons. The normalized spacial score (nSPS) is 8.38. The molecule has 5 heteroatoms. The summed E-state index contributed by atoms with van der Waals surface area (Å²) in [6, 6.07) is 0. The van der Waals surface area contributed by atoms with E-state index in [1.807, 2.05) is 20.8 Å². The summed E-state index contributed by atoms with van der Waals surface area (Å²) in [5.74, 6) is 3.17. The summed E-state index contributed by atoms with van der Waals surface area (Å²) in [6.07, 6.45) is 1.08. The monoisotopic (exact) mass is 268 g/mol. The summed E-state index contributed by atoms with van der Waals surface area (Å²) in [5, 5.41) is 0. The van der Waals surface area contributed by atoms with Gasteiger partial charge in [-0.05, 0) is 45.3 Å². The van der Waals surface area contributed by atoms with Gasteiger partial charge < -0.3 is 9.47 Å². The Labute approximate surface area is 110 Å². The van der Waals surface area contributed by atoms with E-state index >= 15 is 0 Å². The van der Waals surface area contributed by atoms with E-state index in [4.69, 9.17) is 14.3 Å². The molecule has 0 aromatic carbocycles. The SMILES string of the molecule is C=C=O.CCOC(C)OCC.SCCCS. The average molecular weight is 268 g/mol. The highest BCUT2D eigenvalue weighted by atomic mass is 32.1. The average Bonchev–Trinajstić information content (AvgIpc) is 2.22. The molecule has 0 aliphatic rings. The van der Waals surface area contributed by atoms with Crippen LogP contribution in [0, 0.1) is 0 Å². The van der Waals surface area contributed by atoms with Crippen LogP contribution in [0.4, 0.5) is 0 Å². The molecular weight excluding hydrogens is 244 g/mol. The molecule has 0 aliphatic heterocycles. The van der Waals surface area contributed by atoms with Gasteiger partial charge in [0.15, 0.2) is 6.29 Å². The highest BCUT2D eigenvalue weighted by Gasteiger charge is 1.94. The van der Waals surface area contributed by atoms with Crippen molar-refractivity contribution in [1.82, 2.24) is 0 Å². The standard InChI is InChI=1S/C6H14O2.C3H8S2.C2H2O/c1-4-7-6(3)8-5-2;4-2-1-3-5;1-2-3/h6H,4-5H2,1-3H3;4-5H,1-3H2;1H2. The molecule has 0 bridgehead atoms. The lowest BCUT2D eigenvalue weighted by Crippen LogP contribution is -2.11. The molecule has 3 nitrogen and oxygen atoms in total. The molecule has 0 fully saturated rings. The smallest absolute Gasteiger partial charge is 0.154 e. The Morgan fingerprint density at radius 3 is 1.62 bits per heavy atom. The summed E-state index contributed by atoms with van der Waals surface area (Å²) in [5.41, 5.74) is 0. The molecular formula is C11H24O3S2. The molecule has 0 amide bonds. The summed E-state index contributed by atoms with van der Waals surface area (Å²) >= 11 is 7.90. The van der Waals surface area contributed by atoms with Crippen LogP contribution in [0.25, 0.3) is 0 Å². The number of rotatable bonds is 6. The maximum atomic E-state index is 8.57. The summed E-state index contributed by atoms with van der Waals surface area (Å²) in [4.78, 5) is 8.57. The first-order chi connectivity index (χ1) is 7.64. The van der Waals surface area contributed by atoms with Crippen LogP contribution in [0.1, 0.15) is 27.2 Å². The lowest BCUT2D eigenvalue weighted by Gasteiger charge is -2.09. The minimum absolute atomic E-state index is 0.0370. The van der Waals surface area contributed by atoms with Gasteiger partial charge in [-0.2, -0.15) is 25.3 Å². The van der Waals surface area contributed by atoms with Gasteiger partial charge in [0, 0.05) is 13.2 Å². The third-order valence-corrected chi connectivity index (χ3v) is 1.75. The number of ether oxygens (including phenoxy) is 2. The first-order valence-corrected chi connectivity index (χ1v) is 6.50. The Hall–Kier alpha value is 0.0700. The molecule has 0 heterocycles. The second kappa shape index (κ2) is 24.3. The van der Waals surface area contributed by atoms with E-state index in [1.54, 1.807) is 0 Å². The number of thiol groups is 2. The van der Waals surface area contributed by atoms with Crippen LogP contribution >= 0.6 is 25.3 Å². The van der Waals surface area contributed by atoms with E-state index in [-0.39, 0.29) is 6.29 Å². The van der Waals surface area contributed by atoms with Crippen molar-refractivity contribution >= 4 is 31.2 Å². The van der Waals surface area contributed by atoms with Crippen LogP contribution in [0.5, 0.6) is 0 Å². The van der Waals surface area contributed by atoms with Gasteiger partial charge in [0.1, 0.15) is 5.94 Å². The van der Waals surface area contributed by atoms with Gasteiger partial charge >= 0.3 is 0 Å². The maximum absolute atomic E-state index is 8.57. The van der Waals surface area contributed by atoms with Crippen molar-refractivity contribution in [2.45, 2.75) is 33.5 Å². The number of hydrogen-bond donors (Lipinski definition) is 2. The van der Waals surface area contributed by atoms with Gasteiger partial charge in [-0.3, -0.25) is 0 Å². The minimum Gasteiger partial charge on any atom is -0.353 e. The van der Waals surface area contributed by atoms with Crippen LogP contribution in [0.3, 0.4) is 0 Å². The number of hydrogen-bond acceptors (Lipinski definition) is 5. The molecule has 0 aromatic rings. The Bertz CT molecular complexity index is 129. The van der Waals surface area contributed by atoms with Crippen molar-refractivity contribution in [3.05, 3.63) is 6.58 Å². The predicted octanol–water partition coefficient (Wildman–Crippen LogP) is 2.65. The van der Waals surface area contributed by atoms with Crippen molar-refractivity contribution in [3.63, 3.8) is 0 Å². The molecule has 0 aliphatic carbocycles. The zero-order valence-electron chi connectivity index (χ0n) is 10.4. The van der Waals surface area contributed by atoms with Crippen molar-refractivity contribution in [2.75, 3.05) is 24.7 Å². The first-order valence-electron chi connectivity index (χ1n) is 5.23. The van der Waals surface area contributed by atoms with Gasteiger partial charge in [0.05, 0.1) is 0 Å². The highest BCUT2D eigenvalue weighted by molar-refractivity contribution is 7.81. The second-order valence-corrected chi connectivity index (χ2v) is 3.32. The second-order valence-electron chi connectivity index (χ2n) is 2.42. The molecule has 0 rings (SSSR count). The van der Waals surface area contributed by atoms with E-state index in [0.717, 1.165) is 31.1 Å². The zero-order valence-corrected chi connectivity index (χ0v) is 12.2. The van der Waals surface area contributed by atoms with Crippen LogP contribution in [-0.4, -0.2) is 37.0 Å². The van der Waals surface area contributed by atoms with Crippen LogP contribution in [-0.2, 0) is 14.3 Å². The van der Waals surface area contributed by atoms with Gasteiger partial charge in [-0.25, -0.2) is 4.79 Å². The van der Waals surface area contributed by atoms with Crippen molar-refractivity contribution in [2.24, 2.45) is 0 Å². The van der Waals surface area contributed by atoms with E-state index in [2.05, 4.69) is 31.8 Å². The van der Waals surface area contributed by atoms with Crippen LogP contribution < -0.4 is 0 Å². The molecule has 98 valence electrons. The summed E-state index contributed by atoms with van der Waals surface area (Å²) in [6.45, 7) is 9.93. The minimum atomic E-state index is -0.0370. The van der Waals surface area contributed by atoms with Gasteiger partial charge in [-0.1, -0.05) is 0 Å². The fourth-order valence-electron chi connectivity index (χ4n) is 0.588. The van der Waals surface area contributed by atoms with Crippen molar-refractivity contribution in [1.29, 1.82) is 0 Å². The lowest BCUT2D eigenvalue weighted by molar-refractivity contribution is -0.123. The van der Waals surface area contributed by atoms with E-state index < -0.39 is 0 Å². The number of carbonyl (C=O) groups excluding carboxylic acids is 1. The van der Waals surface area contributed by atoms with E-state index in [1.165, 1.54) is 5.94 Å². The van der Waals surface area contributed by atoms with Crippen molar-refractivity contribution in [3.8, 4) is 0 Å². The molecule has 0 saturated carbocycles. The topological polar surface area (TPSA) is 35.5 Å². The van der Waals surface area contributed by atoms with Crippen LogP contribution in [0.15, 0.2) is 6.58 Å². The van der Waals surface area contributed by atoms with E-state index in [0.29, 0.717) is 0 Å². The lowest BCUT2D eigenvalue weighted by atomic mass is 10.6. The fraction of sp³-hybridized carbons (Fsp3) is 0.818. The molecule has 0 aromatic heterocycles. The Balaban J connectivity index is -0.000000181. The molecule has 0 spiro atoms. The van der Waals surface area contributed by atoms with Crippen LogP contribution in [0.2, 0.25) is 0 Å². The largest absolute Gasteiger partial charge is 0.353 e. The van der Waals surface area contributed by atoms with Gasteiger partial charge in [0.25, 0.3) is 0 Å². The van der Waals surface area contributed by atoms with Gasteiger partial charge in [0.2, 0.25) is 0 Å². The maximum Gasteiger partial charge on any atom is 0.154 e.